The summed E-state index contributed by atoms with van der Waals surface area (Å²) in [4.78, 5) is 27.1. The van der Waals surface area contributed by atoms with E-state index in [-0.39, 0.29) is 5.78 Å². The quantitative estimate of drug-likeness (QED) is 0.396. The van der Waals surface area contributed by atoms with Gasteiger partial charge in [0.2, 0.25) is 0 Å². The number of imidazole rings is 1. The number of nitrogens with zero attached hydrogens (tertiary/aromatic N) is 2. The van der Waals surface area contributed by atoms with Gasteiger partial charge in [-0.05, 0) is 17.7 Å². The molecule has 0 aliphatic rings. The number of carbonyl (C=O) groups is 2. The lowest BCUT2D eigenvalue weighted by molar-refractivity contribution is 0.104. The Morgan fingerprint density at radius 2 is 1.79 bits per heavy atom. The molecule has 0 aliphatic heterocycles. The van der Waals surface area contributed by atoms with Gasteiger partial charge >= 0.3 is 0 Å². The van der Waals surface area contributed by atoms with Crippen molar-refractivity contribution in [1.82, 2.24) is 9.55 Å². The largest absolute Gasteiger partial charge is 0.327 e. The van der Waals surface area contributed by atoms with Gasteiger partial charge in [0.25, 0.3) is 0 Å². The van der Waals surface area contributed by atoms with Crippen LogP contribution in [-0.4, -0.2) is 21.6 Å². The van der Waals surface area contributed by atoms with E-state index in [1.165, 1.54) is 11.6 Å². The Bertz CT molecular complexity index is 862. The molecule has 118 valence electrons. The van der Waals surface area contributed by atoms with Crippen molar-refractivity contribution in [1.29, 1.82) is 0 Å². The fraction of sp³-hybridized carbons (Fsp3) is 0.0500. The van der Waals surface area contributed by atoms with E-state index in [1.807, 2.05) is 41.1 Å². The second-order valence-corrected chi connectivity index (χ2v) is 5.34. The van der Waals surface area contributed by atoms with Gasteiger partial charge in [0.05, 0.1) is 0 Å². The maximum atomic E-state index is 12.2. The number of allylic oxidation sites excluding steroid dienone is 1. The van der Waals surface area contributed by atoms with Gasteiger partial charge in [0, 0.05) is 30.1 Å². The molecule has 0 unspecified atom stereocenters. The second kappa shape index (κ2) is 7.33. The highest BCUT2D eigenvalue weighted by Gasteiger charge is 2.04. The molecule has 0 radical (unpaired) electrons. The predicted octanol–water partition coefficient (Wildman–Crippen LogP) is 3.64. The summed E-state index contributed by atoms with van der Waals surface area (Å²) in [6.07, 6.45) is 7.56. The first-order valence-electron chi connectivity index (χ1n) is 7.59. The molecule has 3 rings (SSSR count). The Hall–Kier alpha value is -3.27. The highest BCUT2D eigenvalue weighted by atomic mass is 16.1. The van der Waals surface area contributed by atoms with Crippen LogP contribution in [0.2, 0.25) is 0 Å². The lowest BCUT2D eigenvalue weighted by atomic mass is 10.1. The van der Waals surface area contributed by atoms with Gasteiger partial charge in [-0.25, -0.2) is 4.98 Å². The van der Waals surface area contributed by atoms with Crippen LogP contribution >= 0.6 is 0 Å². The van der Waals surface area contributed by atoms with Crippen molar-refractivity contribution in [3.8, 4) is 0 Å². The third-order valence-corrected chi connectivity index (χ3v) is 3.66. The smallest absolute Gasteiger partial charge is 0.185 e. The van der Waals surface area contributed by atoms with Gasteiger partial charge in [-0.1, -0.05) is 54.6 Å². The molecule has 0 saturated carbocycles. The Morgan fingerprint density at radius 1 is 1.04 bits per heavy atom. The number of hydrogen-bond acceptors (Lipinski definition) is 3. The monoisotopic (exact) mass is 316 g/mol. The summed E-state index contributed by atoms with van der Waals surface area (Å²) < 4.78 is 1.98. The van der Waals surface area contributed by atoms with Crippen molar-refractivity contribution in [2.75, 3.05) is 0 Å². The van der Waals surface area contributed by atoms with Gasteiger partial charge in [0.1, 0.15) is 12.1 Å². The minimum Gasteiger partial charge on any atom is -0.327 e. The highest BCUT2D eigenvalue weighted by Crippen LogP contribution is 2.09. The van der Waals surface area contributed by atoms with Crippen LogP contribution in [0.4, 0.5) is 0 Å². The minimum atomic E-state index is -0.123. The molecule has 0 atom stereocenters. The predicted molar refractivity (Wildman–Crippen MR) is 93.0 cm³/mol. The Balaban J connectivity index is 1.73. The first kappa shape index (κ1) is 15.6. The topological polar surface area (TPSA) is 52.0 Å². The summed E-state index contributed by atoms with van der Waals surface area (Å²) in [6.45, 7) is 0.697. The van der Waals surface area contributed by atoms with E-state index in [2.05, 4.69) is 4.98 Å². The molecule has 0 aliphatic carbocycles. The fourth-order valence-electron chi connectivity index (χ4n) is 2.37. The normalized spacial score (nSPS) is 10.8. The third kappa shape index (κ3) is 3.73. The zero-order valence-electron chi connectivity index (χ0n) is 13.0. The molecule has 4 heteroatoms. The Labute approximate surface area is 140 Å². The second-order valence-electron chi connectivity index (χ2n) is 5.34. The van der Waals surface area contributed by atoms with Crippen LogP contribution in [0.3, 0.4) is 0 Å². The molecular weight excluding hydrogens is 300 g/mol. The Kier molecular flexibility index (Phi) is 4.77. The van der Waals surface area contributed by atoms with Crippen molar-refractivity contribution in [3.05, 3.63) is 95.6 Å². The standard InChI is InChI=1S/C20H16N2O2/c23-15-17-6-8-18(9-7-17)19(24)10-11-20-21-12-13-22(20)14-16-4-2-1-3-5-16/h1-13,15H,14H2. The average molecular weight is 316 g/mol. The molecule has 0 amide bonds. The maximum absolute atomic E-state index is 12.2. The summed E-state index contributed by atoms with van der Waals surface area (Å²) in [7, 11) is 0. The van der Waals surface area contributed by atoms with E-state index < -0.39 is 0 Å². The van der Waals surface area contributed by atoms with Crippen LogP contribution < -0.4 is 0 Å². The molecular formula is C20H16N2O2. The average Bonchev–Trinajstić information content (AvgIpc) is 3.07. The first-order chi connectivity index (χ1) is 11.8. The molecule has 2 aromatic carbocycles. The first-order valence-corrected chi connectivity index (χ1v) is 7.59. The molecule has 24 heavy (non-hydrogen) atoms. The number of benzene rings is 2. The molecule has 0 fully saturated rings. The number of aldehydes is 1. The van der Waals surface area contributed by atoms with Crippen LogP contribution in [0.5, 0.6) is 0 Å². The Morgan fingerprint density at radius 3 is 2.50 bits per heavy atom. The molecule has 4 nitrogen and oxygen atoms in total. The van der Waals surface area contributed by atoms with Crippen LogP contribution in [0.25, 0.3) is 6.08 Å². The van der Waals surface area contributed by atoms with E-state index in [4.69, 9.17) is 0 Å². The molecule has 3 aromatic rings. The van der Waals surface area contributed by atoms with Crippen LogP contribution in [-0.2, 0) is 6.54 Å². The molecule has 0 spiro atoms. The molecule has 1 heterocycles. The number of hydrogen-bond donors (Lipinski definition) is 0. The third-order valence-electron chi connectivity index (χ3n) is 3.66. The van der Waals surface area contributed by atoms with Gasteiger partial charge in [0.15, 0.2) is 5.78 Å². The molecule has 1 aromatic heterocycles. The summed E-state index contributed by atoms with van der Waals surface area (Å²) in [6, 6.07) is 16.6. The fourth-order valence-corrected chi connectivity index (χ4v) is 2.37. The van der Waals surface area contributed by atoms with Crippen molar-refractivity contribution >= 4 is 18.1 Å². The van der Waals surface area contributed by atoms with Crippen molar-refractivity contribution in [3.63, 3.8) is 0 Å². The summed E-state index contributed by atoms with van der Waals surface area (Å²) >= 11 is 0. The lowest BCUT2D eigenvalue weighted by Crippen LogP contribution is -2.01. The molecule has 0 N–H and O–H groups in total. The zero-order chi connectivity index (χ0) is 16.8. The van der Waals surface area contributed by atoms with E-state index in [9.17, 15) is 9.59 Å². The van der Waals surface area contributed by atoms with Gasteiger partial charge < -0.3 is 4.57 Å². The van der Waals surface area contributed by atoms with Crippen molar-refractivity contribution in [2.24, 2.45) is 0 Å². The summed E-state index contributed by atoms with van der Waals surface area (Å²) in [5.74, 6) is 0.596. The maximum Gasteiger partial charge on any atom is 0.185 e. The van der Waals surface area contributed by atoms with Crippen LogP contribution in [0.15, 0.2) is 73.1 Å². The lowest BCUT2D eigenvalue weighted by Gasteiger charge is -2.05. The zero-order valence-corrected chi connectivity index (χ0v) is 13.0. The van der Waals surface area contributed by atoms with Crippen LogP contribution in [0, 0.1) is 0 Å². The number of carbonyl (C=O) groups excluding carboxylic acids is 2. The van der Waals surface area contributed by atoms with Gasteiger partial charge in [-0.3, -0.25) is 9.59 Å². The molecule has 0 bridgehead atoms. The van der Waals surface area contributed by atoms with E-state index in [0.717, 1.165) is 12.1 Å². The molecule has 0 saturated heterocycles. The number of rotatable bonds is 6. The van der Waals surface area contributed by atoms with Crippen LogP contribution in [0.1, 0.15) is 32.1 Å². The van der Waals surface area contributed by atoms with E-state index >= 15 is 0 Å². The minimum absolute atomic E-state index is 0.123. The number of aromatic nitrogens is 2. The highest BCUT2D eigenvalue weighted by molar-refractivity contribution is 6.06. The van der Waals surface area contributed by atoms with E-state index in [1.54, 1.807) is 36.5 Å². The van der Waals surface area contributed by atoms with Crippen molar-refractivity contribution < 1.29 is 9.59 Å². The van der Waals surface area contributed by atoms with Crippen molar-refractivity contribution in [2.45, 2.75) is 6.54 Å². The van der Waals surface area contributed by atoms with E-state index in [0.29, 0.717) is 17.7 Å². The SMILES string of the molecule is O=Cc1ccc(C(=O)C=Cc2nccn2Cc2ccccc2)cc1. The van der Waals surface area contributed by atoms with Gasteiger partial charge in [-0.2, -0.15) is 0 Å². The van der Waals surface area contributed by atoms with Gasteiger partial charge in [-0.15, -0.1) is 0 Å². The number of ketones is 1. The summed E-state index contributed by atoms with van der Waals surface area (Å²) in [5.41, 5.74) is 2.26. The summed E-state index contributed by atoms with van der Waals surface area (Å²) in [5, 5.41) is 0.